The SMILES string of the molecule is C=CCn1c(SCc2csc(-c3ccccc3OC)n2)nc2sccc2c1=O. The van der Waals surface area contributed by atoms with E-state index >= 15 is 0 Å². The molecule has 28 heavy (non-hydrogen) atoms. The Kier molecular flexibility index (Phi) is 5.61. The summed E-state index contributed by atoms with van der Waals surface area (Å²) >= 11 is 4.57. The third-order valence-electron chi connectivity index (χ3n) is 4.10. The minimum Gasteiger partial charge on any atom is -0.496 e. The van der Waals surface area contributed by atoms with E-state index in [2.05, 4.69) is 11.6 Å². The minimum atomic E-state index is -0.0263. The highest BCUT2D eigenvalue weighted by Crippen LogP contribution is 2.33. The van der Waals surface area contributed by atoms with E-state index in [1.54, 1.807) is 29.1 Å². The zero-order valence-corrected chi connectivity index (χ0v) is 17.6. The van der Waals surface area contributed by atoms with Crippen molar-refractivity contribution in [3.63, 3.8) is 0 Å². The summed E-state index contributed by atoms with van der Waals surface area (Å²) in [5.74, 6) is 1.44. The van der Waals surface area contributed by atoms with Crippen LogP contribution >= 0.6 is 34.4 Å². The van der Waals surface area contributed by atoms with Gasteiger partial charge in [-0.2, -0.15) is 0 Å². The number of thioether (sulfide) groups is 1. The maximum atomic E-state index is 12.7. The van der Waals surface area contributed by atoms with Gasteiger partial charge < -0.3 is 4.74 Å². The van der Waals surface area contributed by atoms with E-state index in [4.69, 9.17) is 9.72 Å². The molecule has 4 aromatic rings. The van der Waals surface area contributed by atoms with Crippen molar-refractivity contribution in [1.29, 1.82) is 0 Å². The van der Waals surface area contributed by atoms with Gasteiger partial charge in [-0.3, -0.25) is 9.36 Å². The Hall–Kier alpha value is -2.42. The van der Waals surface area contributed by atoms with Crippen molar-refractivity contribution < 1.29 is 4.74 Å². The van der Waals surface area contributed by atoms with Crippen molar-refractivity contribution in [3.8, 4) is 16.3 Å². The summed E-state index contributed by atoms with van der Waals surface area (Å²) in [6.45, 7) is 4.19. The molecule has 0 saturated carbocycles. The maximum absolute atomic E-state index is 12.7. The van der Waals surface area contributed by atoms with Crippen LogP contribution in [0, 0.1) is 0 Å². The summed E-state index contributed by atoms with van der Waals surface area (Å²) in [6.07, 6.45) is 1.72. The number of aromatic nitrogens is 3. The van der Waals surface area contributed by atoms with Gasteiger partial charge in [-0.1, -0.05) is 30.0 Å². The molecule has 0 unspecified atom stereocenters. The molecule has 142 valence electrons. The standard InChI is InChI=1S/C20H17N3O2S3/c1-3-9-23-19(24)15-8-10-26-18(15)22-20(23)28-12-13-11-27-17(21-13)14-6-4-5-7-16(14)25-2/h3-8,10-11H,1,9,12H2,2H3. The summed E-state index contributed by atoms with van der Waals surface area (Å²) in [4.78, 5) is 22.9. The van der Waals surface area contributed by atoms with E-state index in [0.717, 1.165) is 26.8 Å². The molecule has 0 saturated heterocycles. The number of nitrogens with zero attached hydrogens (tertiary/aromatic N) is 3. The van der Waals surface area contributed by atoms with Crippen molar-refractivity contribution in [2.75, 3.05) is 7.11 Å². The summed E-state index contributed by atoms with van der Waals surface area (Å²) in [5.41, 5.74) is 1.90. The van der Waals surface area contributed by atoms with Gasteiger partial charge in [0.05, 0.1) is 23.8 Å². The third kappa shape index (κ3) is 3.63. The predicted molar refractivity (Wildman–Crippen MR) is 118 cm³/mol. The fourth-order valence-electron chi connectivity index (χ4n) is 2.79. The fraction of sp³-hybridized carbons (Fsp3) is 0.150. The van der Waals surface area contributed by atoms with E-state index in [-0.39, 0.29) is 5.56 Å². The number of allylic oxidation sites excluding steroid dienone is 1. The van der Waals surface area contributed by atoms with E-state index < -0.39 is 0 Å². The molecule has 0 spiro atoms. The lowest BCUT2D eigenvalue weighted by Crippen LogP contribution is -2.22. The Labute approximate surface area is 174 Å². The number of hydrogen-bond donors (Lipinski definition) is 0. The molecular weight excluding hydrogens is 410 g/mol. The molecule has 0 N–H and O–H groups in total. The van der Waals surface area contributed by atoms with Crippen LogP contribution in [0.2, 0.25) is 0 Å². The largest absolute Gasteiger partial charge is 0.496 e. The van der Waals surface area contributed by atoms with E-state index in [9.17, 15) is 4.79 Å². The molecule has 4 rings (SSSR count). The molecule has 0 bridgehead atoms. The Bertz CT molecular complexity index is 1190. The minimum absolute atomic E-state index is 0.0263. The second kappa shape index (κ2) is 8.30. The van der Waals surface area contributed by atoms with Crippen molar-refractivity contribution in [3.05, 3.63) is 69.8 Å². The first-order chi connectivity index (χ1) is 13.7. The van der Waals surface area contributed by atoms with Gasteiger partial charge in [0.2, 0.25) is 0 Å². The Morgan fingerprint density at radius 1 is 1.25 bits per heavy atom. The van der Waals surface area contributed by atoms with Gasteiger partial charge in [0.25, 0.3) is 5.56 Å². The second-order valence-corrected chi connectivity index (χ2v) is 8.57. The number of ether oxygens (including phenoxy) is 1. The highest BCUT2D eigenvalue weighted by atomic mass is 32.2. The Morgan fingerprint density at radius 3 is 2.93 bits per heavy atom. The van der Waals surface area contributed by atoms with Gasteiger partial charge in [-0.05, 0) is 23.6 Å². The van der Waals surface area contributed by atoms with Crippen molar-refractivity contribution in [2.45, 2.75) is 17.5 Å². The van der Waals surface area contributed by atoms with Crippen LogP contribution in [0.4, 0.5) is 0 Å². The zero-order valence-electron chi connectivity index (χ0n) is 15.1. The van der Waals surface area contributed by atoms with Crippen LogP contribution < -0.4 is 10.3 Å². The maximum Gasteiger partial charge on any atom is 0.263 e. The molecule has 0 fully saturated rings. The van der Waals surface area contributed by atoms with E-state index in [0.29, 0.717) is 22.8 Å². The number of thiazole rings is 1. The molecule has 3 heterocycles. The van der Waals surface area contributed by atoms with Crippen LogP contribution in [0.1, 0.15) is 5.69 Å². The van der Waals surface area contributed by atoms with Gasteiger partial charge in [0.15, 0.2) is 5.16 Å². The smallest absolute Gasteiger partial charge is 0.263 e. The topological polar surface area (TPSA) is 57.0 Å². The Balaban J connectivity index is 1.60. The van der Waals surface area contributed by atoms with Crippen LogP contribution in [-0.4, -0.2) is 21.6 Å². The number of thiophene rings is 1. The molecule has 0 atom stereocenters. The lowest BCUT2D eigenvalue weighted by Gasteiger charge is -2.09. The molecule has 0 aliphatic rings. The molecule has 1 aromatic carbocycles. The second-order valence-electron chi connectivity index (χ2n) is 5.87. The van der Waals surface area contributed by atoms with Crippen molar-refractivity contribution in [1.82, 2.24) is 14.5 Å². The van der Waals surface area contributed by atoms with Crippen LogP contribution in [0.25, 0.3) is 20.8 Å². The number of rotatable bonds is 7. The van der Waals surface area contributed by atoms with Crippen molar-refractivity contribution in [2.24, 2.45) is 0 Å². The first-order valence-electron chi connectivity index (χ1n) is 8.50. The first kappa shape index (κ1) is 18.9. The summed E-state index contributed by atoms with van der Waals surface area (Å²) < 4.78 is 7.10. The van der Waals surface area contributed by atoms with E-state index in [1.165, 1.54) is 23.1 Å². The van der Waals surface area contributed by atoms with Crippen LogP contribution in [0.15, 0.2) is 63.7 Å². The molecular formula is C20H17N3O2S3. The molecule has 8 heteroatoms. The summed E-state index contributed by atoms with van der Waals surface area (Å²) in [5, 5.41) is 6.19. The third-order valence-corrected chi connectivity index (χ3v) is 6.84. The molecule has 0 aliphatic carbocycles. The van der Waals surface area contributed by atoms with E-state index in [1.807, 2.05) is 41.1 Å². The van der Waals surface area contributed by atoms with Gasteiger partial charge in [-0.15, -0.1) is 29.3 Å². The number of benzene rings is 1. The number of fused-ring (bicyclic) bond motifs is 1. The average Bonchev–Trinajstić information content (AvgIpc) is 3.38. The number of methoxy groups -OCH3 is 1. The number of hydrogen-bond acceptors (Lipinski definition) is 7. The van der Waals surface area contributed by atoms with Crippen LogP contribution in [0.3, 0.4) is 0 Å². The highest BCUT2D eigenvalue weighted by molar-refractivity contribution is 7.98. The monoisotopic (exact) mass is 427 g/mol. The predicted octanol–water partition coefficient (Wildman–Crippen LogP) is 5.07. The lowest BCUT2D eigenvalue weighted by molar-refractivity contribution is 0.416. The normalized spacial score (nSPS) is 11.0. The van der Waals surface area contributed by atoms with Gasteiger partial charge >= 0.3 is 0 Å². The van der Waals surface area contributed by atoms with Gasteiger partial charge in [0.1, 0.15) is 15.6 Å². The summed E-state index contributed by atoms with van der Waals surface area (Å²) in [6, 6.07) is 9.67. The fourth-order valence-corrected chi connectivity index (χ4v) is 5.45. The van der Waals surface area contributed by atoms with Crippen LogP contribution in [0.5, 0.6) is 5.75 Å². The molecule has 0 amide bonds. The quantitative estimate of drug-likeness (QED) is 0.234. The zero-order chi connectivity index (χ0) is 19.5. The molecule has 5 nitrogen and oxygen atoms in total. The van der Waals surface area contributed by atoms with Gasteiger partial charge in [-0.25, -0.2) is 9.97 Å². The highest BCUT2D eigenvalue weighted by Gasteiger charge is 2.14. The lowest BCUT2D eigenvalue weighted by atomic mass is 10.2. The molecule has 0 radical (unpaired) electrons. The van der Waals surface area contributed by atoms with Gasteiger partial charge in [0, 0.05) is 17.7 Å². The number of para-hydroxylation sites is 1. The summed E-state index contributed by atoms with van der Waals surface area (Å²) in [7, 11) is 1.66. The van der Waals surface area contributed by atoms with Crippen LogP contribution in [-0.2, 0) is 12.3 Å². The Morgan fingerprint density at radius 2 is 2.11 bits per heavy atom. The molecule has 3 aromatic heterocycles. The van der Waals surface area contributed by atoms with Crippen molar-refractivity contribution >= 4 is 44.7 Å². The average molecular weight is 428 g/mol. The molecule has 0 aliphatic heterocycles. The first-order valence-corrected chi connectivity index (χ1v) is 11.2.